The minimum Gasteiger partial charge on any atom is -0.483 e. The zero-order valence-electron chi connectivity index (χ0n) is 20.2. The Morgan fingerprint density at radius 2 is 1.76 bits per heavy atom. The number of esters is 1. The highest BCUT2D eigenvalue weighted by molar-refractivity contribution is 9.10. The van der Waals surface area contributed by atoms with Crippen molar-refractivity contribution in [2.24, 2.45) is 0 Å². The first-order chi connectivity index (χ1) is 16.1. The zero-order chi connectivity index (χ0) is 24.9. The first-order valence-corrected chi connectivity index (χ1v) is 12.9. The third kappa shape index (κ3) is 6.27. The van der Waals surface area contributed by atoms with Gasteiger partial charge in [0.2, 0.25) is 0 Å². The van der Waals surface area contributed by atoms with Crippen LogP contribution < -0.4 is 10.1 Å². The van der Waals surface area contributed by atoms with E-state index in [4.69, 9.17) is 9.47 Å². The van der Waals surface area contributed by atoms with Crippen molar-refractivity contribution >= 4 is 44.1 Å². The van der Waals surface area contributed by atoms with Crippen LogP contribution in [0.3, 0.4) is 0 Å². The van der Waals surface area contributed by atoms with E-state index in [2.05, 4.69) is 48.9 Å². The van der Waals surface area contributed by atoms with Gasteiger partial charge < -0.3 is 14.8 Å². The van der Waals surface area contributed by atoms with Crippen molar-refractivity contribution in [3.8, 4) is 16.9 Å². The first-order valence-electron chi connectivity index (χ1n) is 11.2. The zero-order valence-corrected chi connectivity index (χ0v) is 22.6. The second-order valence-electron chi connectivity index (χ2n) is 8.85. The van der Waals surface area contributed by atoms with Crippen LogP contribution in [0.1, 0.15) is 56.1 Å². The Balaban J connectivity index is 1.82. The number of aryl methyl sites for hydroxylation is 1. The lowest BCUT2D eigenvalue weighted by molar-refractivity contribution is -0.118. The highest BCUT2D eigenvalue weighted by atomic mass is 79.9. The van der Waals surface area contributed by atoms with Gasteiger partial charge in [0.25, 0.3) is 5.91 Å². The molecule has 0 spiro atoms. The Morgan fingerprint density at radius 3 is 2.38 bits per heavy atom. The standard InChI is InChI=1S/C27H30BrNO4S/c1-6-17-8-10-18(11-9-17)20-16-34-25(24(20)26(31)32-7-2)29-23(30)15-33-22-13-12-19(28)14-21(22)27(3,4)5/h8-14,16H,6-7,15H2,1-5H3,(H,29,30). The van der Waals surface area contributed by atoms with Crippen LogP contribution in [-0.4, -0.2) is 25.1 Å². The van der Waals surface area contributed by atoms with Crippen molar-refractivity contribution in [2.45, 2.75) is 46.5 Å². The van der Waals surface area contributed by atoms with E-state index in [-0.39, 0.29) is 24.5 Å². The molecule has 0 saturated carbocycles. The summed E-state index contributed by atoms with van der Waals surface area (Å²) in [6.45, 7) is 10.2. The molecular weight excluding hydrogens is 514 g/mol. The number of benzene rings is 2. The Hall–Kier alpha value is -2.64. The molecule has 0 aliphatic carbocycles. The molecule has 0 atom stereocenters. The highest BCUT2D eigenvalue weighted by Gasteiger charge is 2.24. The van der Waals surface area contributed by atoms with Crippen molar-refractivity contribution in [1.82, 2.24) is 0 Å². The lowest BCUT2D eigenvalue weighted by Gasteiger charge is -2.23. The third-order valence-electron chi connectivity index (χ3n) is 5.31. The van der Waals surface area contributed by atoms with Crippen molar-refractivity contribution < 1.29 is 19.1 Å². The Kier molecular flexibility index (Phi) is 8.55. The van der Waals surface area contributed by atoms with Gasteiger partial charge in [-0.2, -0.15) is 0 Å². The molecule has 1 aromatic heterocycles. The number of carbonyl (C=O) groups is 2. The van der Waals surface area contributed by atoms with Crippen LogP contribution in [0, 0.1) is 0 Å². The van der Waals surface area contributed by atoms with E-state index in [0.717, 1.165) is 27.6 Å². The summed E-state index contributed by atoms with van der Waals surface area (Å²) in [4.78, 5) is 25.6. The molecule has 0 saturated heterocycles. The number of nitrogens with one attached hydrogen (secondary N) is 1. The fourth-order valence-electron chi connectivity index (χ4n) is 3.51. The number of anilines is 1. The Labute approximate surface area is 213 Å². The van der Waals surface area contributed by atoms with Gasteiger partial charge >= 0.3 is 5.97 Å². The van der Waals surface area contributed by atoms with Crippen molar-refractivity contribution in [2.75, 3.05) is 18.5 Å². The monoisotopic (exact) mass is 543 g/mol. The molecule has 0 unspecified atom stereocenters. The van der Waals surface area contributed by atoms with E-state index in [1.54, 1.807) is 6.92 Å². The van der Waals surface area contributed by atoms with Gasteiger partial charge in [-0.05, 0) is 48.1 Å². The highest BCUT2D eigenvalue weighted by Crippen LogP contribution is 2.37. The molecule has 0 bridgehead atoms. The second kappa shape index (κ2) is 11.2. The summed E-state index contributed by atoms with van der Waals surface area (Å²) in [6, 6.07) is 13.8. The van der Waals surface area contributed by atoms with Crippen LogP contribution in [0.25, 0.3) is 11.1 Å². The molecular formula is C27H30BrNO4S. The van der Waals surface area contributed by atoms with Crippen molar-refractivity contribution in [3.63, 3.8) is 0 Å². The number of halogens is 1. The average molecular weight is 545 g/mol. The molecule has 0 aliphatic rings. The van der Waals surface area contributed by atoms with E-state index >= 15 is 0 Å². The molecule has 0 aliphatic heterocycles. The maximum atomic E-state index is 12.8. The van der Waals surface area contributed by atoms with Gasteiger partial charge in [-0.25, -0.2) is 4.79 Å². The number of hydrogen-bond acceptors (Lipinski definition) is 5. The number of ether oxygens (including phenoxy) is 2. The van der Waals surface area contributed by atoms with Crippen LogP contribution >= 0.6 is 27.3 Å². The first kappa shape index (κ1) is 26.0. The number of rotatable bonds is 8. The van der Waals surface area contributed by atoms with Crippen LogP contribution in [0.2, 0.25) is 0 Å². The Morgan fingerprint density at radius 1 is 1.06 bits per heavy atom. The maximum absolute atomic E-state index is 12.8. The molecule has 0 fully saturated rings. The van der Waals surface area contributed by atoms with Crippen LogP contribution in [-0.2, 0) is 21.4 Å². The van der Waals surface area contributed by atoms with Gasteiger partial charge in [0.1, 0.15) is 16.3 Å². The minimum atomic E-state index is -0.461. The predicted molar refractivity (Wildman–Crippen MR) is 142 cm³/mol. The number of thiophene rings is 1. The molecule has 1 amide bonds. The largest absolute Gasteiger partial charge is 0.483 e. The van der Waals surface area contributed by atoms with E-state index in [0.29, 0.717) is 16.3 Å². The molecule has 180 valence electrons. The summed E-state index contributed by atoms with van der Waals surface area (Å²) in [5.41, 5.74) is 4.07. The van der Waals surface area contributed by atoms with Gasteiger partial charge in [-0.3, -0.25) is 4.79 Å². The topological polar surface area (TPSA) is 64.6 Å². The third-order valence-corrected chi connectivity index (χ3v) is 6.69. The molecule has 1 heterocycles. The molecule has 34 heavy (non-hydrogen) atoms. The number of hydrogen-bond donors (Lipinski definition) is 1. The maximum Gasteiger partial charge on any atom is 0.341 e. The normalized spacial score (nSPS) is 11.2. The quantitative estimate of drug-likeness (QED) is 0.304. The van der Waals surface area contributed by atoms with Crippen molar-refractivity contribution in [3.05, 3.63) is 69.0 Å². The molecule has 3 aromatic rings. The van der Waals surface area contributed by atoms with Gasteiger partial charge in [0.15, 0.2) is 6.61 Å². The number of amides is 1. The van der Waals surface area contributed by atoms with E-state index in [1.165, 1.54) is 16.9 Å². The SMILES string of the molecule is CCOC(=O)c1c(-c2ccc(CC)cc2)csc1NC(=O)COc1ccc(Br)cc1C(C)(C)C. The molecule has 5 nitrogen and oxygen atoms in total. The molecule has 0 radical (unpaired) electrons. The van der Waals surface area contributed by atoms with Gasteiger partial charge in [0, 0.05) is 21.0 Å². The van der Waals surface area contributed by atoms with Crippen molar-refractivity contribution in [1.29, 1.82) is 0 Å². The smallest absolute Gasteiger partial charge is 0.341 e. The number of carbonyl (C=O) groups excluding carboxylic acids is 2. The molecule has 2 aromatic carbocycles. The van der Waals surface area contributed by atoms with Crippen LogP contribution in [0.5, 0.6) is 5.75 Å². The fourth-order valence-corrected chi connectivity index (χ4v) is 4.84. The average Bonchev–Trinajstić information content (AvgIpc) is 3.21. The minimum absolute atomic E-state index is 0.150. The summed E-state index contributed by atoms with van der Waals surface area (Å²) in [7, 11) is 0. The molecule has 7 heteroatoms. The van der Waals surface area contributed by atoms with Crippen LogP contribution in [0.4, 0.5) is 5.00 Å². The summed E-state index contributed by atoms with van der Waals surface area (Å²) in [6.07, 6.45) is 0.936. The van der Waals surface area contributed by atoms with Gasteiger partial charge in [0.05, 0.1) is 6.61 Å². The van der Waals surface area contributed by atoms with E-state index < -0.39 is 5.97 Å². The lowest BCUT2D eigenvalue weighted by atomic mass is 9.86. The summed E-state index contributed by atoms with van der Waals surface area (Å²) in [5.74, 6) is -0.153. The summed E-state index contributed by atoms with van der Waals surface area (Å²) >= 11 is 4.80. The summed E-state index contributed by atoms with van der Waals surface area (Å²) in [5, 5.41) is 5.17. The lowest BCUT2D eigenvalue weighted by Crippen LogP contribution is -2.22. The van der Waals surface area contributed by atoms with E-state index in [9.17, 15) is 9.59 Å². The van der Waals surface area contributed by atoms with Crippen LogP contribution in [0.15, 0.2) is 52.3 Å². The molecule has 3 rings (SSSR count). The van der Waals surface area contributed by atoms with Gasteiger partial charge in [-0.1, -0.05) is 67.9 Å². The fraction of sp³-hybridized carbons (Fsp3) is 0.333. The van der Waals surface area contributed by atoms with Gasteiger partial charge in [-0.15, -0.1) is 11.3 Å². The van der Waals surface area contributed by atoms with E-state index in [1.807, 2.05) is 47.8 Å². The predicted octanol–water partition coefficient (Wildman–Crippen LogP) is 7.23. The molecule has 1 N–H and O–H groups in total. The second-order valence-corrected chi connectivity index (χ2v) is 10.6. The summed E-state index contributed by atoms with van der Waals surface area (Å²) < 4.78 is 12.1. The Bertz CT molecular complexity index is 1160.